The molecule has 3 rings (SSSR count). The van der Waals surface area contributed by atoms with Crippen molar-refractivity contribution >= 4 is 17.5 Å². The van der Waals surface area contributed by atoms with Crippen LogP contribution in [0.25, 0.3) is 0 Å². The first-order chi connectivity index (χ1) is 11.6. The third-order valence-electron chi connectivity index (χ3n) is 4.46. The van der Waals surface area contributed by atoms with E-state index in [-0.39, 0.29) is 5.91 Å². The summed E-state index contributed by atoms with van der Waals surface area (Å²) < 4.78 is 1.82. The molecule has 0 N–H and O–H groups in total. The molecule has 1 fully saturated rings. The molecule has 1 aliphatic heterocycles. The molecule has 128 valence electrons. The van der Waals surface area contributed by atoms with Crippen molar-refractivity contribution in [2.45, 2.75) is 26.9 Å². The molecule has 6 heteroatoms. The second-order valence-corrected chi connectivity index (χ2v) is 6.62. The number of aromatic nitrogens is 2. The molecule has 1 aliphatic rings. The number of rotatable bonds is 4. The van der Waals surface area contributed by atoms with E-state index in [1.807, 2.05) is 47.8 Å². The molecular formula is C18H23ClN4O. The highest BCUT2D eigenvalue weighted by Crippen LogP contribution is 2.16. The molecule has 0 atom stereocenters. The molecule has 0 radical (unpaired) electrons. The average Bonchev–Trinajstić information content (AvgIpc) is 2.96. The van der Waals surface area contributed by atoms with E-state index in [0.717, 1.165) is 55.5 Å². The first-order valence-electron chi connectivity index (χ1n) is 8.37. The van der Waals surface area contributed by atoms with Gasteiger partial charge < -0.3 is 4.90 Å². The maximum Gasteiger partial charge on any atom is 0.257 e. The standard InChI is InChI=1S/C18H23ClN4O/c1-3-23-13-17(14(2)20-23)18(24)22-9-7-21(8-10-22)12-15-5-4-6-16(19)11-15/h4-6,11,13H,3,7-10,12H2,1-2H3. The van der Waals surface area contributed by atoms with Gasteiger partial charge in [0.1, 0.15) is 0 Å². The summed E-state index contributed by atoms with van der Waals surface area (Å²) in [7, 11) is 0. The van der Waals surface area contributed by atoms with Crippen molar-refractivity contribution < 1.29 is 4.79 Å². The number of carbonyl (C=O) groups excluding carboxylic acids is 1. The number of halogens is 1. The molecule has 24 heavy (non-hydrogen) atoms. The van der Waals surface area contributed by atoms with Crippen molar-refractivity contribution in [1.29, 1.82) is 0 Å². The molecule has 0 bridgehead atoms. The quantitative estimate of drug-likeness (QED) is 0.854. The Morgan fingerprint density at radius 1 is 1.25 bits per heavy atom. The van der Waals surface area contributed by atoms with E-state index >= 15 is 0 Å². The molecule has 0 aliphatic carbocycles. The fourth-order valence-corrected chi connectivity index (χ4v) is 3.28. The molecule has 0 saturated carbocycles. The summed E-state index contributed by atoms with van der Waals surface area (Å²) >= 11 is 6.04. The maximum absolute atomic E-state index is 12.7. The van der Waals surface area contributed by atoms with Gasteiger partial charge in [0.25, 0.3) is 5.91 Å². The Hall–Kier alpha value is -1.85. The molecular weight excluding hydrogens is 324 g/mol. The normalized spacial score (nSPS) is 15.7. The number of hydrogen-bond donors (Lipinski definition) is 0. The first kappa shape index (κ1) is 17.0. The Morgan fingerprint density at radius 3 is 2.62 bits per heavy atom. The highest BCUT2D eigenvalue weighted by Gasteiger charge is 2.24. The van der Waals surface area contributed by atoms with Crippen molar-refractivity contribution in [1.82, 2.24) is 19.6 Å². The van der Waals surface area contributed by atoms with E-state index in [4.69, 9.17) is 11.6 Å². The second-order valence-electron chi connectivity index (χ2n) is 6.18. The molecule has 2 heterocycles. The van der Waals surface area contributed by atoms with Gasteiger partial charge in [-0.1, -0.05) is 23.7 Å². The number of piperazine rings is 1. The van der Waals surface area contributed by atoms with E-state index in [0.29, 0.717) is 0 Å². The van der Waals surface area contributed by atoms with Crippen LogP contribution in [0.5, 0.6) is 0 Å². The van der Waals surface area contributed by atoms with Gasteiger partial charge in [-0.2, -0.15) is 5.10 Å². The topological polar surface area (TPSA) is 41.4 Å². The lowest BCUT2D eigenvalue weighted by Crippen LogP contribution is -2.48. The van der Waals surface area contributed by atoms with Crippen LogP contribution in [0.3, 0.4) is 0 Å². The Labute approximate surface area is 147 Å². The van der Waals surface area contributed by atoms with Gasteiger partial charge in [-0.05, 0) is 31.5 Å². The van der Waals surface area contributed by atoms with Gasteiger partial charge >= 0.3 is 0 Å². The average molecular weight is 347 g/mol. The summed E-state index contributed by atoms with van der Waals surface area (Å²) in [6.07, 6.45) is 1.86. The minimum Gasteiger partial charge on any atom is -0.336 e. The van der Waals surface area contributed by atoms with Crippen LogP contribution >= 0.6 is 11.6 Å². The van der Waals surface area contributed by atoms with E-state index in [9.17, 15) is 4.79 Å². The maximum atomic E-state index is 12.7. The van der Waals surface area contributed by atoms with Gasteiger partial charge in [0, 0.05) is 50.5 Å². The number of amides is 1. The smallest absolute Gasteiger partial charge is 0.257 e. The van der Waals surface area contributed by atoms with Crippen molar-refractivity contribution in [3.63, 3.8) is 0 Å². The van der Waals surface area contributed by atoms with Crippen molar-refractivity contribution in [3.8, 4) is 0 Å². The zero-order valence-corrected chi connectivity index (χ0v) is 15.0. The summed E-state index contributed by atoms with van der Waals surface area (Å²) in [4.78, 5) is 17.0. The number of benzene rings is 1. The zero-order valence-electron chi connectivity index (χ0n) is 14.2. The van der Waals surface area contributed by atoms with E-state index in [2.05, 4.69) is 16.1 Å². The van der Waals surface area contributed by atoms with E-state index < -0.39 is 0 Å². The summed E-state index contributed by atoms with van der Waals surface area (Å²) in [6.45, 7) is 8.81. The molecule has 1 aromatic carbocycles. The Kier molecular flexibility index (Phi) is 5.21. The van der Waals surface area contributed by atoms with Crippen molar-refractivity contribution in [2.75, 3.05) is 26.2 Å². The minimum atomic E-state index is 0.0922. The molecule has 1 aromatic heterocycles. The van der Waals surface area contributed by atoms with Crippen molar-refractivity contribution in [2.24, 2.45) is 0 Å². The summed E-state index contributed by atoms with van der Waals surface area (Å²) in [6, 6.07) is 7.96. The van der Waals surface area contributed by atoms with Gasteiger partial charge in [0.05, 0.1) is 11.3 Å². The fourth-order valence-electron chi connectivity index (χ4n) is 3.06. The predicted molar refractivity (Wildman–Crippen MR) is 95.3 cm³/mol. The number of hydrogen-bond acceptors (Lipinski definition) is 3. The lowest BCUT2D eigenvalue weighted by molar-refractivity contribution is 0.0627. The van der Waals surface area contributed by atoms with Crippen LogP contribution in [0.4, 0.5) is 0 Å². The number of nitrogens with zero attached hydrogens (tertiary/aromatic N) is 4. The number of carbonyl (C=O) groups is 1. The molecule has 0 spiro atoms. The molecule has 1 amide bonds. The van der Waals surface area contributed by atoms with Crippen LogP contribution in [-0.4, -0.2) is 51.7 Å². The monoisotopic (exact) mass is 346 g/mol. The second kappa shape index (κ2) is 7.36. The van der Waals surface area contributed by atoms with Gasteiger partial charge in [-0.25, -0.2) is 0 Å². The first-order valence-corrected chi connectivity index (χ1v) is 8.74. The SMILES string of the molecule is CCn1cc(C(=O)N2CCN(Cc3cccc(Cl)c3)CC2)c(C)n1. The molecule has 1 saturated heterocycles. The largest absolute Gasteiger partial charge is 0.336 e. The van der Waals surface area contributed by atoms with Gasteiger partial charge in [0.15, 0.2) is 0 Å². The fraction of sp³-hybridized carbons (Fsp3) is 0.444. The predicted octanol–water partition coefficient (Wildman–Crippen LogP) is 2.82. The zero-order chi connectivity index (χ0) is 17.1. The third-order valence-corrected chi connectivity index (χ3v) is 4.69. The highest BCUT2D eigenvalue weighted by molar-refractivity contribution is 6.30. The van der Waals surface area contributed by atoms with Crippen LogP contribution in [0.2, 0.25) is 5.02 Å². The Bertz CT molecular complexity index is 720. The molecule has 5 nitrogen and oxygen atoms in total. The van der Waals surface area contributed by atoms with E-state index in [1.54, 1.807) is 0 Å². The van der Waals surface area contributed by atoms with Crippen LogP contribution < -0.4 is 0 Å². The summed E-state index contributed by atoms with van der Waals surface area (Å²) in [5.74, 6) is 0.0922. The lowest BCUT2D eigenvalue weighted by Gasteiger charge is -2.34. The van der Waals surface area contributed by atoms with Gasteiger partial charge in [-0.3, -0.25) is 14.4 Å². The van der Waals surface area contributed by atoms with Gasteiger partial charge in [0.2, 0.25) is 0 Å². The highest BCUT2D eigenvalue weighted by atomic mass is 35.5. The molecule has 0 unspecified atom stereocenters. The number of aryl methyl sites for hydroxylation is 2. The van der Waals surface area contributed by atoms with Crippen LogP contribution in [0, 0.1) is 6.92 Å². The minimum absolute atomic E-state index is 0.0922. The van der Waals surface area contributed by atoms with Crippen molar-refractivity contribution in [3.05, 3.63) is 52.3 Å². The summed E-state index contributed by atoms with van der Waals surface area (Å²) in [5.41, 5.74) is 2.74. The van der Waals surface area contributed by atoms with E-state index in [1.165, 1.54) is 5.56 Å². The Morgan fingerprint density at radius 2 is 2.00 bits per heavy atom. The Balaban J connectivity index is 1.58. The lowest BCUT2D eigenvalue weighted by atomic mass is 10.1. The third kappa shape index (κ3) is 3.79. The van der Waals surface area contributed by atoms with Crippen LogP contribution in [0.15, 0.2) is 30.5 Å². The van der Waals surface area contributed by atoms with Gasteiger partial charge in [-0.15, -0.1) is 0 Å². The molecule has 2 aromatic rings. The summed E-state index contributed by atoms with van der Waals surface area (Å²) in [5, 5.41) is 5.14. The van der Waals surface area contributed by atoms with Crippen LogP contribution in [-0.2, 0) is 13.1 Å². The van der Waals surface area contributed by atoms with Crippen LogP contribution in [0.1, 0.15) is 28.5 Å².